The molecule has 14 N–H and O–H groups in total. The Bertz CT molecular complexity index is 1550. The first-order valence-electron chi connectivity index (χ1n) is 17.2. The molecule has 1 saturated heterocycles. The van der Waals surface area contributed by atoms with Crippen LogP contribution < -0.4 is 44.6 Å². The molecule has 2 aromatic rings. The van der Waals surface area contributed by atoms with Crippen LogP contribution >= 0.6 is 0 Å². The first-order chi connectivity index (χ1) is 24.8. The van der Waals surface area contributed by atoms with E-state index >= 15 is 0 Å². The maximum absolute atomic E-state index is 14.0. The van der Waals surface area contributed by atoms with Gasteiger partial charge in [-0.15, -0.1) is 0 Å². The van der Waals surface area contributed by atoms with E-state index in [1.54, 1.807) is 54.6 Å². The van der Waals surface area contributed by atoms with Crippen LogP contribution in [0.25, 0.3) is 0 Å². The van der Waals surface area contributed by atoms with Crippen molar-refractivity contribution in [3.63, 3.8) is 0 Å². The summed E-state index contributed by atoms with van der Waals surface area (Å²) in [5.74, 6) is -3.75. The van der Waals surface area contributed by atoms with Crippen molar-refractivity contribution in [2.24, 2.45) is 38.7 Å². The Hall–Kier alpha value is -5.71. The second-order valence-electron chi connectivity index (χ2n) is 12.6. The van der Waals surface area contributed by atoms with Crippen molar-refractivity contribution in [3.05, 3.63) is 71.8 Å². The first kappa shape index (κ1) is 40.7. The Labute approximate surface area is 302 Å². The SMILES string of the molecule is NC(N)=NCCC[C@H](NC(=O)[C@@H](N)CCCN=C(N)N)C(=O)N1CCC[C@H]1C(=O)N[C@@H](Cc1ccccc1)C(=O)N[C@@H](Cc1ccccc1)C(=O)O. The van der Waals surface area contributed by atoms with Crippen molar-refractivity contribution < 1.29 is 29.1 Å². The summed E-state index contributed by atoms with van der Waals surface area (Å²) in [7, 11) is 0. The third-order valence-corrected chi connectivity index (χ3v) is 8.52. The van der Waals surface area contributed by atoms with Crippen LogP contribution in [0.15, 0.2) is 70.6 Å². The molecule has 0 saturated carbocycles. The number of rotatable bonds is 20. The second kappa shape index (κ2) is 20.8. The van der Waals surface area contributed by atoms with Gasteiger partial charge in [0.15, 0.2) is 11.9 Å². The van der Waals surface area contributed by atoms with E-state index in [2.05, 4.69) is 25.9 Å². The van der Waals surface area contributed by atoms with Crippen LogP contribution in [0.1, 0.15) is 49.7 Å². The highest BCUT2D eigenvalue weighted by Gasteiger charge is 2.39. The minimum absolute atomic E-state index is 0.0367. The minimum atomic E-state index is -1.25. The molecule has 0 aliphatic carbocycles. The smallest absolute Gasteiger partial charge is 0.326 e. The molecule has 5 atom stereocenters. The average molecular weight is 722 g/mol. The highest BCUT2D eigenvalue weighted by molar-refractivity contribution is 5.96. The van der Waals surface area contributed by atoms with E-state index in [1.807, 2.05) is 6.07 Å². The lowest BCUT2D eigenvalue weighted by Crippen LogP contribution is -2.58. The number of nitrogens with two attached hydrogens (primary N) is 5. The molecule has 1 heterocycles. The monoisotopic (exact) mass is 721 g/mol. The molecule has 282 valence electrons. The fraction of sp³-hybridized carbons (Fsp3) is 0.457. The molecule has 2 aromatic carbocycles. The Morgan fingerprint density at radius 1 is 0.731 bits per heavy atom. The number of carboxylic acid groups (broad SMARTS) is 1. The van der Waals surface area contributed by atoms with Crippen molar-refractivity contribution >= 4 is 41.5 Å². The van der Waals surface area contributed by atoms with Gasteiger partial charge in [-0.25, -0.2) is 4.79 Å². The molecule has 52 heavy (non-hydrogen) atoms. The average Bonchev–Trinajstić information content (AvgIpc) is 3.61. The third kappa shape index (κ3) is 13.5. The number of carbonyl (C=O) groups is 5. The van der Waals surface area contributed by atoms with Crippen LogP contribution in [0.4, 0.5) is 0 Å². The fourth-order valence-corrected chi connectivity index (χ4v) is 5.84. The Balaban J connectivity index is 1.77. The predicted octanol–water partition coefficient (Wildman–Crippen LogP) is -1.56. The Morgan fingerprint density at radius 2 is 1.25 bits per heavy atom. The number of likely N-dealkylation sites (tertiary alicyclic amines) is 1. The molecule has 17 heteroatoms. The Morgan fingerprint density at radius 3 is 1.79 bits per heavy atom. The summed E-state index contributed by atoms with van der Waals surface area (Å²) in [6.07, 6.45) is 2.09. The summed E-state index contributed by atoms with van der Waals surface area (Å²) in [6, 6.07) is 12.5. The molecule has 3 rings (SSSR count). The zero-order valence-corrected chi connectivity index (χ0v) is 29.2. The van der Waals surface area contributed by atoms with E-state index < -0.39 is 59.8 Å². The number of guanidine groups is 2. The zero-order valence-electron chi connectivity index (χ0n) is 29.2. The molecule has 1 aliphatic heterocycles. The number of aliphatic carboxylic acids is 1. The molecular formula is C35H51N11O6. The maximum Gasteiger partial charge on any atom is 0.326 e. The Kier molecular flexibility index (Phi) is 16.3. The van der Waals surface area contributed by atoms with Crippen LogP contribution in [0.5, 0.6) is 0 Å². The van der Waals surface area contributed by atoms with Gasteiger partial charge < -0.3 is 54.6 Å². The summed E-state index contributed by atoms with van der Waals surface area (Å²) in [4.78, 5) is 76.0. The number of amides is 4. The van der Waals surface area contributed by atoms with Crippen molar-refractivity contribution in [1.29, 1.82) is 0 Å². The van der Waals surface area contributed by atoms with Gasteiger partial charge in [0, 0.05) is 32.5 Å². The minimum Gasteiger partial charge on any atom is -0.480 e. The summed E-state index contributed by atoms with van der Waals surface area (Å²) in [5.41, 5.74) is 29.1. The third-order valence-electron chi connectivity index (χ3n) is 8.52. The lowest BCUT2D eigenvalue weighted by atomic mass is 10.0. The summed E-state index contributed by atoms with van der Waals surface area (Å²) in [5, 5.41) is 18.0. The largest absolute Gasteiger partial charge is 0.480 e. The van der Waals surface area contributed by atoms with Crippen LogP contribution in [0.2, 0.25) is 0 Å². The van der Waals surface area contributed by atoms with E-state index in [1.165, 1.54) is 4.90 Å². The normalized spacial score (nSPS) is 16.0. The van der Waals surface area contributed by atoms with Gasteiger partial charge in [-0.2, -0.15) is 0 Å². The number of aliphatic imine (C=N–C) groups is 2. The molecule has 0 spiro atoms. The van der Waals surface area contributed by atoms with Crippen LogP contribution in [0.3, 0.4) is 0 Å². The number of carbonyl (C=O) groups excluding carboxylic acids is 4. The van der Waals surface area contributed by atoms with Crippen molar-refractivity contribution in [3.8, 4) is 0 Å². The fourth-order valence-electron chi connectivity index (χ4n) is 5.84. The van der Waals surface area contributed by atoms with Crippen LogP contribution in [-0.4, -0.2) is 101 Å². The molecule has 0 aromatic heterocycles. The zero-order chi connectivity index (χ0) is 38.0. The summed E-state index contributed by atoms with van der Waals surface area (Å²) >= 11 is 0. The van der Waals surface area contributed by atoms with E-state index in [-0.39, 0.29) is 57.2 Å². The van der Waals surface area contributed by atoms with E-state index in [4.69, 9.17) is 28.7 Å². The number of hydrogen-bond acceptors (Lipinski definition) is 8. The molecule has 1 aliphatic rings. The highest BCUT2D eigenvalue weighted by atomic mass is 16.4. The number of nitrogens with one attached hydrogen (secondary N) is 3. The standard InChI is InChI=1S/C35H51N11O6/c36-24(14-7-17-41-34(37)38)29(47)43-25(15-8-18-42-35(39)40)32(50)46-19-9-16-28(46)31(49)44-26(20-22-10-3-1-4-11-22)30(48)45-27(33(51)52)21-23-12-5-2-6-13-23/h1-6,10-13,24-28H,7-9,14-21,36H2,(H,43,47)(H,44,49)(H,45,48)(H,51,52)(H4,37,38,41)(H4,39,40,42)/t24-,25-,26-,27-,28-/m0/s1. The lowest BCUT2D eigenvalue weighted by Gasteiger charge is -2.30. The topological polar surface area (TPSA) is 300 Å². The van der Waals surface area contributed by atoms with Gasteiger partial charge in [0.25, 0.3) is 0 Å². The summed E-state index contributed by atoms with van der Waals surface area (Å²) < 4.78 is 0. The van der Waals surface area contributed by atoms with E-state index in [9.17, 15) is 29.1 Å². The first-order valence-corrected chi connectivity index (χ1v) is 17.2. The van der Waals surface area contributed by atoms with E-state index in [0.717, 1.165) is 5.56 Å². The second-order valence-corrected chi connectivity index (χ2v) is 12.6. The van der Waals surface area contributed by atoms with Gasteiger partial charge in [-0.3, -0.25) is 29.2 Å². The van der Waals surface area contributed by atoms with Gasteiger partial charge in [-0.1, -0.05) is 60.7 Å². The van der Waals surface area contributed by atoms with Crippen molar-refractivity contribution in [2.45, 2.75) is 81.6 Å². The molecule has 0 radical (unpaired) electrons. The highest BCUT2D eigenvalue weighted by Crippen LogP contribution is 2.21. The van der Waals surface area contributed by atoms with Crippen molar-refractivity contribution in [2.75, 3.05) is 19.6 Å². The van der Waals surface area contributed by atoms with Gasteiger partial charge in [0.05, 0.1) is 6.04 Å². The molecule has 1 fully saturated rings. The number of nitrogens with zero attached hydrogens (tertiary/aromatic N) is 3. The number of carboxylic acids is 1. The molecule has 0 bridgehead atoms. The number of hydrogen-bond donors (Lipinski definition) is 9. The maximum atomic E-state index is 14.0. The van der Waals surface area contributed by atoms with Gasteiger partial charge in [0.2, 0.25) is 23.6 Å². The van der Waals surface area contributed by atoms with Crippen molar-refractivity contribution in [1.82, 2.24) is 20.9 Å². The molecule has 4 amide bonds. The lowest BCUT2D eigenvalue weighted by molar-refractivity contribution is -0.143. The summed E-state index contributed by atoms with van der Waals surface area (Å²) in [6.45, 7) is 0.714. The van der Waals surface area contributed by atoms with Crippen LogP contribution in [-0.2, 0) is 36.8 Å². The number of benzene rings is 2. The van der Waals surface area contributed by atoms with Gasteiger partial charge >= 0.3 is 5.97 Å². The molecule has 17 nitrogen and oxygen atoms in total. The molecular weight excluding hydrogens is 670 g/mol. The quantitative estimate of drug-likeness (QED) is 0.0428. The van der Waals surface area contributed by atoms with E-state index in [0.29, 0.717) is 31.2 Å². The van der Waals surface area contributed by atoms with Crippen LogP contribution in [0, 0.1) is 0 Å². The predicted molar refractivity (Wildman–Crippen MR) is 196 cm³/mol. The van der Waals surface area contributed by atoms with Gasteiger partial charge in [0.1, 0.15) is 24.2 Å². The molecule has 0 unspecified atom stereocenters. The van der Waals surface area contributed by atoms with Gasteiger partial charge in [-0.05, 0) is 49.7 Å².